The minimum Gasteiger partial charge on any atom is -0.399 e. The van der Waals surface area contributed by atoms with Gasteiger partial charge in [0, 0.05) is 23.2 Å². The summed E-state index contributed by atoms with van der Waals surface area (Å²) in [5, 5.41) is 8.92. The minimum atomic E-state index is -0.182. The van der Waals surface area contributed by atoms with Crippen molar-refractivity contribution in [2.24, 2.45) is 0 Å². The molecule has 1 amide bonds. The van der Waals surface area contributed by atoms with Gasteiger partial charge in [-0.25, -0.2) is 0 Å². The summed E-state index contributed by atoms with van der Waals surface area (Å²) in [7, 11) is 0. The van der Waals surface area contributed by atoms with E-state index in [1.807, 2.05) is 0 Å². The van der Waals surface area contributed by atoms with Crippen LogP contribution in [0.5, 0.6) is 0 Å². The lowest BCUT2D eigenvalue weighted by Crippen LogP contribution is -2.33. The van der Waals surface area contributed by atoms with Crippen molar-refractivity contribution in [2.45, 2.75) is 0 Å². The summed E-state index contributed by atoms with van der Waals surface area (Å²) in [5.41, 5.74) is 6.67. The molecule has 0 aliphatic rings. The van der Waals surface area contributed by atoms with Crippen molar-refractivity contribution >= 4 is 27.5 Å². The first-order valence-corrected chi connectivity index (χ1v) is 5.95. The Morgan fingerprint density at radius 2 is 2.29 bits per heavy atom. The largest absolute Gasteiger partial charge is 0.399 e. The number of nitrogens with zero attached hydrogens (tertiary/aromatic N) is 1. The molecular weight excluding hydrogens is 284 g/mol. The third-order valence-corrected chi connectivity index (χ3v) is 2.92. The molecule has 4 nitrogen and oxygen atoms in total. The number of benzene rings is 1. The van der Waals surface area contributed by atoms with Gasteiger partial charge in [0.2, 0.25) is 0 Å². The van der Waals surface area contributed by atoms with Gasteiger partial charge in [-0.3, -0.25) is 4.79 Å². The molecular formula is C12H15BrN2O2. The topological polar surface area (TPSA) is 66.6 Å². The number of aliphatic hydroxyl groups is 1. The maximum atomic E-state index is 12.2. The number of aliphatic hydroxyl groups excluding tert-OH is 1. The highest BCUT2D eigenvalue weighted by atomic mass is 79.9. The van der Waals surface area contributed by atoms with Crippen molar-refractivity contribution < 1.29 is 9.90 Å². The molecule has 3 N–H and O–H groups in total. The lowest BCUT2D eigenvalue weighted by Gasteiger charge is -2.20. The molecule has 92 valence electrons. The van der Waals surface area contributed by atoms with Crippen molar-refractivity contribution in [3.8, 4) is 0 Å². The van der Waals surface area contributed by atoms with Crippen LogP contribution >= 0.6 is 15.9 Å². The molecule has 0 saturated carbocycles. The normalized spacial score (nSPS) is 10.0. The maximum Gasteiger partial charge on any atom is 0.255 e. The second-order valence-electron chi connectivity index (χ2n) is 3.50. The van der Waals surface area contributed by atoms with E-state index in [9.17, 15) is 4.79 Å². The Morgan fingerprint density at radius 1 is 1.59 bits per heavy atom. The van der Waals surface area contributed by atoms with Gasteiger partial charge in [-0.1, -0.05) is 6.08 Å². The zero-order valence-corrected chi connectivity index (χ0v) is 11.0. The second-order valence-corrected chi connectivity index (χ2v) is 4.36. The Kier molecular flexibility index (Phi) is 5.18. The van der Waals surface area contributed by atoms with E-state index in [4.69, 9.17) is 10.8 Å². The molecule has 0 aliphatic carbocycles. The Balaban J connectivity index is 2.99. The van der Waals surface area contributed by atoms with Crippen LogP contribution in [0.15, 0.2) is 35.3 Å². The molecule has 5 heteroatoms. The summed E-state index contributed by atoms with van der Waals surface area (Å²) in [6.45, 7) is 4.16. The number of halogens is 1. The first kappa shape index (κ1) is 13.7. The maximum absolute atomic E-state index is 12.2. The SMILES string of the molecule is C=CCN(CCO)C(=O)c1cc(N)ccc1Br. The molecule has 0 saturated heterocycles. The summed E-state index contributed by atoms with van der Waals surface area (Å²) in [5.74, 6) is -0.182. The van der Waals surface area contributed by atoms with Gasteiger partial charge >= 0.3 is 0 Å². The number of hydrogen-bond donors (Lipinski definition) is 2. The molecule has 0 bridgehead atoms. The highest BCUT2D eigenvalue weighted by Crippen LogP contribution is 2.21. The predicted octanol–water partition coefficient (Wildman–Crippen LogP) is 1.65. The monoisotopic (exact) mass is 298 g/mol. The molecule has 0 unspecified atom stereocenters. The average molecular weight is 299 g/mol. The lowest BCUT2D eigenvalue weighted by atomic mass is 10.1. The van der Waals surface area contributed by atoms with Gasteiger partial charge in [0.1, 0.15) is 0 Å². The Bertz CT molecular complexity index is 421. The Morgan fingerprint density at radius 3 is 2.88 bits per heavy atom. The van der Waals surface area contributed by atoms with Crippen LogP contribution in [0.25, 0.3) is 0 Å². The fraction of sp³-hybridized carbons (Fsp3) is 0.250. The first-order chi connectivity index (χ1) is 8.10. The minimum absolute atomic E-state index is 0.0838. The van der Waals surface area contributed by atoms with Gasteiger partial charge < -0.3 is 15.7 Å². The highest BCUT2D eigenvalue weighted by molar-refractivity contribution is 9.10. The van der Waals surface area contributed by atoms with Crippen LogP contribution in [-0.2, 0) is 0 Å². The summed E-state index contributed by atoms with van der Waals surface area (Å²) in [4.78, 5) is 13.7. The van der Waals surface area contributed by atoms with Crippen molar-refractivity contribution in [1.82, 2.24) is 4.90 Å². The van der Waals surface area contributed by atoms with Crippen LogP contribution in [-0.4, -0.2) is 35.6 Å². The number of carbonyl (C=O) groups is 1. The number of nitrogens with two attached hydrogens (primary N) is 1. The number of amides is 1. The molecule has 0 heterocycles. The molecule has 0 aliphatic heterocycles. The molecule has 0 radical (unpaired) electrons. The van der Waals surface area contributed by atoms with Gasteiger partial charge in [0.25, 0.3) is 5.91 Å². The van der Waals surface area contributed by atoms with E-state index in [-0.39, 0.29) is 19.1 Å². The van der Waals surface area contributed by atoms with Crippen LogP contribution in [0.2, 0.25) is 0 Å². The molecule has 0 atom stereocenters. The Hall–Kier alpha value is -1.33. The Labute approximate surface area is 109 Å². The summed E-state index contributed by atoms with van der Waals surface area (Å²) in [6.07, 6.45) is 1.62. The quantitative estimate of drug-likeness (QED) is 0.642. The van der Waals surface area contributed by atoms with Crippen molar-refractivity contribution in [3.05, 3.63) is 40.9 Å². The molecule has 0 aromatic heterocycles. The van der Waals surface area contributed by atoms with E-state index >= 15 is 0 Å². The summed E-state index contributed by atoms with van der Waals surface area (Å²) < 4.78 is 0.684. The van der Waals surface area contributed by atoms with E-state index in [1.165, 1.54) is 4.90 Å². The second kappa shape index (κ2) is 6.42. The zero-order valence-electron chi connectivity index (χ0n) is 9.40. The fourth-order valence-electron chi connectivity index (χ4n) is 1.43. The van der Waals surface area contributed by atoms with Gasteiger partial charge in [0.15, 0.2) is 0 Å². The number of rotatable bonds is 5. The van der Waals surface area contributed by atoms with E-state index < -0.39 is 0 Å². The molecule has 1 rings (SSSR count). The third-order valence-electron chi connectivity index (χ3n) is 2.23. The number of hydrogen-bond acceptors (Lipinski definition) is 3. The van der Waals surface area contributed by atoms with Gasteiger partial charge in [-0.15, -0.1) is 6.58 Å². The van der Waals surface area contributed by atoms with E-state index in [0.29, 0.717) is 22.3 Å². The lowest BCUT2D eigenvalue weighted by molar-refractivity contribution is 0.0742. The first-order valence-electron chi connectivity index (χ1n) is 5.16. The van der Waals surface area contributed by atoms with Gasteiger partial charge in [-0.05, 0) is 34.1 Å². The van der Waals surface area contributed by atoms with Crippen LogP contribution in [0, 0.1) is 0 Å². The molecule has 1 aromatic carbocycles. The van der Waals surface area contributed by atoms with Crippen LogP contribution in [0.3, 0.4) is 0 Å². The highest BCUT2D eigenvalue weighted by Gasteiger charge is 2.16. The van der Waals surface area contributed by atoms with Gasteiger partial charge in [-0.2, -0.15) is 0 Å². The summed E-state index contributed by atoms with van der Waals surface area (Å²) >= 11 is 3.31. The molecule has 0 fully saturated rings. The van der Waals surface area contributed by atoms with Crippen molar-refractivity contribution in [2.75, 3.05) is 25.4 Å². The van der Waals surface area contributed by atoms with Gasteiger partial charge in [0.05, 0.1) is 12.2 Å². The van der Waals surface area contributed by atoms with Crippen LogP contribution in [0.1, 0.15) is 10.4 Å². The number of anilines is 1. The van der Waals surface area contributed by atoms with Crippen molar-refractivity contribution in [1.29, 1.82) is 0 Å². The number of nitrogen functional groups attached to an aromatic ring is 1. The third kappa shape index (κ3) is 3.57. The van der Waals surface area contributed by atoms with E-state index in [2.05, 4.69) is 22.5 Å². The fourth-order valence-corrected chi connectivity index (χ4v) is 1.85. The summed E-state index contributed by atoms with van der Waals surface area (Å²) in [6, 6.07) is 5.05. The molecule has 1 aromatic rings. The van der Waals surface area contributed by atoms with E-state index in [0.717, 1.165) is 0 Å². The van der Waals surface area contributed by atoms with Crippen LogP contribution < -0.4 is 5.73 Å². The average Bonchev–Trinajstić information content (AvgIpc) is 2.31. The van der Waals surface area contributed by atoms with E-state index in [1.54, 1.807) is 24.3 Å². The predicted molar refractivity (Wildman–Crippen MR) is 71.7 cm³/mol. The zero-order chi connectivity index (χ0) is 12.8. The van der Waals surface area contributed by atoms with Crippen LogP contribution in [0.4, 0.5) is 5.69 Å². The smallest absolute Gasteiger partial charge is 0.255 e. The molecule has 17 heavy (non-hydrogen) atoms. The standard InChI is InChI=1S/C12H15BrN2O2/c1-2-5-15(6-7-16)12(17)10-8-9(14)3-4-11(10)13/h2-4,8,16H,1,5-7,14H2. The molecule has 0 spiro atoms. The number of carbonyl (C=O) groups excluding carboxylic acids is 1. The van der Waals surface area contributed by atoms with Crippen molar-refractivity contribution in [3.63, 3.8) is 0 Å².